The van der Waals surface area contributed by atoms with Crippen LogP contribution in [-0.2, 0) is 17.8 Å². The summed E-state index contributed by atoms with van der Waals surface area (Å²) in [6.07, 6.45) is 2.34. The molecule has 0 saturated carbocycles. The van der Waals surface area contributed by atoms with Gasteiger partial charge in [-0.15, -0.1) is 0 Å². The van der Waals surface area contributed by atoms with Crippen molar-refractivity contribution in [2.45, 2.75) is 51.9 Å². The van der Waals surface area contributed by atoms with Crippen molar-refractivity contribution in [3.63, 3.8) is 0 Å². The lowest BCUT2D eigenvalue weighted by molar-refractivity contribution is -0.00915. The summed E-state index contributed by atoms with van der Waals surface area (Å²) >= 11 is 0. The van der Waals surface area contributed by atoms with E-state index in [0.717, 1.165) is 31.6 Å². The van der Waals surface area contributed by atoms with Crippen LogP contribution in [0.15, 0.2) is 41.2 Å². The quantitative estimate of drug-likeness (QED) is 0.522. The van der Waals surface area contributed by atoms with E-state index in [-0.39, 0.29) is 29.3 Å². The van der Waals surface area contributed by atoms with Gasteiger partial charge in [-0.25, -0.2) is 9.89 Å². The van der Waals surface area contributed by atoms with Gasteiger partial charge in [-0.05, 0) is 48.6 Å². The highest BCUT2D eigenvalue weighted by atomic mass is 16.5. The molecule has 1 saturated heterocycles. The van der Waals surface area contributed by atoms with E-state index < -0.39 is 0 Å². The molecule has 3 aromatic rings. The molecule has 4 rings (SSSR count). The van der Waals surface area contributed by atoms with Crippen molar-refractivity contribution in [2.24, 2.45) is 0 Å². The van der Waals surface area contributed by atoms with Gasteiger partial charge in [-0.3, -0.25) is 9.47 Å². The number of rotatable bonds is 7. The number of phenols is 2. The SMILES string of the molecule is CC(C)c1cc(-c2n[nH]c(=O)n2Cc2ccc(CN(C)C3CCCO3)cc2)c(O)cc1O. The number of nitrogens with one attached hydrogen (secondary N) is 1. The van der Waals surface area contributed by atoms with Crippen molar-refractivity contribution < 1.29 is 14.9 Å². The Labute approximate surface area is 187 Å². The van der Waals surface area contributed by atoms with Gasteiger partial charge in [0.05, 0.1) is 12.1 Å². The maximum absolute atomic E-state index is 12.5. The molecule has 1 fully saturated rings. The number of nitrogens with zero attached hydrogens (tertiary/aromatic N) is 3. The topological polar surface area (TPSA) is 104 Å². The number of aromatic hydroxyl groups is 2. The maximum Gasteiger partial charge on any atom is 0.343 e. The van der Waals surface area contributed by atoms with E-state index in [1.807, 2.05) is 26.0 Å². The molecule has 0 bridgehead atoms. The van der Waals surface area contributed by atoms with Crippen LogP contribution in [-0.4, -0.2) is 49.8 Å². The van der Waals surface area contributed by atoms with Crippen LogP contribution in [0.4, 0.5) is 0 Å². The van der Waals surface area contributed by atoms with Gasteiger partial charge in [0.15, 0.2) is 5.82 Å². The van der Waals surface area contributed by atoms with Crippen LogP contribution in [0.3, 0.4) is 0 Å². The Hall–Kier alpha value is -3.10. The summed E-state index contributed by atoms with van der Waals surface area (Å²) in [5.41, 5.74) is 2.84. The molecule has 2 aromatic carbocycles. The minimum atomic E-state index is -0.360. The van der Waals surface area contributed by atoms with Crippen molar-refractivity contribution in [1.82, 2.24) is 19.7 Å². The number of aromatic amines is 1. The lowest BCUT2D eigenvalue weighted by Gasteiger charge is -2.23. The number of aromatic nitrogens is 3. The van der Waals surface area contributed by atoms with Crippen LogP contribution < -0.4 is 5.69 Å². The molecule has 0 amide bonds. The lowest BCUT2D eigenvalue weighted by atomic mass is 9.98. The fourth-order valence-electron chi connectivity index (χ4n) is 4.14. The molecular weight excluding hydrogens is 408 g/mol. The molecule has 1 atom stereocenters. The largest absolute Gasteiger partial charge is 0.508 e. The molecule has 8 nitrogen and oxygen atoms in total. The van der Waals surface area contributed by atoms with Crippen LogP contribution >= 0.6 is 0 Å². The first-order valence-corrected chi connectivity index (χ1v) is 10.9. The molecule has 1 unspecified atom stereocenters. The summed E-state index contributed by atoms with van der Waals surface area (Å²) < 4.78 is 7.22. The van der Waals surface area contributed by atoms with Crippen LogP contribution in [0.5, 0.6) is 11.5 Å². The van der Waals surface area contributed by atoms with E-state index in [4.69, 9.17) is 4.74 Å². The minimum Gasteiger partial charge on any atom is -0.508 e. The highest BCUT2D eigenvalue weighted by Gasteiger charge is 2.21. The first kappa shape index (κ1) is 22.1. The third-order valence-corrected chi connectivity index (χ3v) is 5.96. The van der Waals surface area contributed by atoms with Gasteiger partial charge in [0.2, 0.25) is 0 Å². The van der Waals surface area contributed by atoms with Crippen LogP contribution in [0.1, 0.15) is 49.3 Å². The summed E-state index contributed by atoms with van der Waals surface area (Å²) in [6, 6.07) is 11.1. The number of hydrogen-bond donors (Lipinski definition) is 3. The van der Waals surface area contributed by atoms with Crippen molar-refractivity contribution in [3.8, 4) is 22.9 Å². The Morgan fingerprint density at radius 3 is 2.56 bits per heavy atom. The Balaban J connectivity index is 1.56. The smallest absolute Gasteiger partial charge is 0.343 e. The van der Waals surface area contributed by atoms with Gasteiger partial charge in [0.25, 0.3) is 0 Å². The number of ether oxygens (including phenoxy) is 1. The van der Waals surface area contributed by atoms with Crippen LogP contribution in [0.2, 0.25) is 0 Å². The molecule has 0 radical (unpaired) electrons. The summed E-state index contributed by atoms with van der Waals surface area (Å²) in [6.45, 7) is 5.83. The Kier molecular flexibility index (Phi) is 6.34. The highest BCUT2D eigenvalue weighted by molar-refractivity contribution is 5.67. The van der Waals surface area contributed by atoms with E-state index in [0.29, 0.717) is 23.5 Å². The summed E-state index contributed by atoms with van der Waals surface area (Å²) in [7, 11) is 2.07. The van der Waals surface area contributed by atoms with Gasteiger partial charge in [-0.1, -0.05) is 38.1 Å². The summed E-state index contributed by atoms with van der Waals surface area (Å²) in [5.74, 6) is 0.277. The third kappa shape index (κ3) is 4.56. The monoisotopic (exact) mass is 438 g/mol. The van der Waals surface area contributed by atoms with Crippen LogP contribution in [0.25, 0.3) is 11.4 Å². The summed E-state index contributed by atoms with van der Waals surface area (Å²) in [5, 5.41) is 27.2. The number of benzene rings is 2. The average Bonchev–Trinajstić information content (AvgIpc) is 3.41. The third-order valence-electron chi connectivity index (χ3n) is 5.96. The predicted molar refractivity (Wildman–Crippen MR) is 122 cm³/mol. The molecule has 8 heteroatoms. The number of H-pyrrole nitrogens is 1. The van der Waals surface area contributed by atoms with Gasteiger partial charge >= 0.3 is 5.69 Å². The fourth-order valence-corrected chi connectivity index (χ4v) is 4.14. The Morgan fingerprint density at radius 2 is 1.91 bits per heavy atom. The van der Waals surface area contributed by atoms with Crippen molar-refractivity contribution >= 4 is 0 Å². The zero-order valence-electron chi connectivity index (χ0n) is 18.7. The van der Waals surface area contributed by atoms with E-state index >= 15 is 0 Å². The second-order valence-electron chi connectivity index (χ2n) is 8.72. The van der Waals surface area contributed by atoms with Gasteiger partial charge in [0, 0.05) is 19.2 Å². The molecule has 1 aliphatic rings. The molecule has 0 aliphatic carbocycles. The second-order valence-corrected chi connectivity index (χ2v) is 8.72. The number of hydrogen-bond acceptors (Lipinski definition) is 6. The molecule has 32 heavy (non-hydrogen) atoms. The van der Waals surface area contributed by atoms with E-state index in [9.17, 15) is 15.0 Å². The molecular formula is C24H30N4O4. The zero-order valence-corrected chi connectivity index (χ0v) is 18.7. The standard InChI is InChI=1S/C24H30N4O4/c1-15(2)18-11-19(21(30)12-20(18)29)23-25-26-24(31)28(23)14-17-8-6-16(7-9-17)13-27(3)22-5-4-10-32-22/h6-9,11-12,15,22,29-30H,4-5,10,13-14H2,1-3H3,(H,26,31). The normalized spacial score (nSPS) is 16.3. The van der Waals surface area contributed by atoms with Crippen molar-refractivity contribution in [2.75, 3.05) is 13.7 Å². The average molecular weight is 439 g/mol. The van der Waals surface area contributed by atoms with E-state index in [1.54, 1.807) is 6.07 Å². The Morgan fingerprint density at radius 1 is 1.19 bits per heavy atom. The molecule has 1 aromatic heterocycles. The fraction of sp³-hybridized carbons (Fsp3) is 0.417. The van der Waals surface area contributed by atoms with Gasteiger partial charge < -0.3 is 14.9 Å². The van der Waals surface area contributed by atoms with Crippen LogP contribution in [0, 0.1) is 0 Å². The van der Waals surface area contributed by atoms with Gasteiger partial charge in [-0.2, -0.15) is 5.10 Å². The van der Waals surface area contributed by atoms with Crippen molar-refractivity contribution in [1.29, 1.82) is 0 Å². The first-order valence-electron chi connectivity index (χ1n) is 10.9. The van der Waals surface area contributed by atoms with Gasteiger partial charge in [0.1, 0.15) is 17.7 Å². The molecule has 170 valence electrons. The highest BCUT2D eigenvalue weighted by Crippen LogP contribution is 2.36. The molecule has 0 spiro atoms. The molecule has 2 heterocycles. The van der Waals surface area contributed by atoms with E-state index in [1.165, 1.54) is 16.2 Å². The summed E-state index contributed by atoms with van der Waals surface area (Å²) in [4.78, 5) is 14.7. The van der Waals surface area contributed by atoms with E-state index in [2.05, 4.69) is 34.3 Å². The number of phenolic OH excluding ortho intramolecular Hbond substituents is 2. The lowest BCUT2D eigenvalue weighted by Crippen LogP contribution is -2.30. The first-order chi connectivity index (χ1) is 15.3. The maximum atomic E-state index is 12.5. The predicted octanol–water partition coefficient (Wildman–Crippen LogP) is 3.39. The second kappa shape index (κ2) is 9.18. The van der Waals surface area contributed by atoms with Crippen molar-refractivity contribution in [3.05, 3.63) is 63.6 Å². The molecule has 3 N–H and O–H groups in total. The zero-order chi connectivity index (χ0) is 22.8. The molecule has 1 aliphatic heterocycles. The Bertz CT molecular complexity index is 1130. The minimum absolute atomic E-state index is 0.0224.